The van der Waals surface area contributed by atoms with Gasteiger partial charge in [0, 0.05) is 22.7 Å². The number of rotatable bonds is 15. The van der Waals surface area contributed by atoms with Gasteiger partial charge in [-0.15, -0.1) is 0 Å². The molecule has 0 aliphatic heterocycles. The Bertz CT molecular complexity index is 2300. The number of hydrogen-bond donors (Lipinski definition) is 0. The van der Waals surface area contributed by atoms with Crippen molar-refractivity contribution in [3.8, 4) is 50.0 Å². The van der Waals surface area contributed by atoms with Crippen molar-refractivity contribution in [3.05, 3.63) is 221 Å². The Hall–Kier alpha value is -6.48. The number of hydrogen-bond acceptors (Lipinski definition) is 4. The molecule has 0 N–H and O–H groups in total. The van der Waals surface area contributed by atoms with Gasteiger partial charge in [0.05, 0.1) is 0 Å². The largest absolute Gasteiger partial charge is 0.489 e. The maximum atomic E-state index is 6.59. The van der Waals surface area contributed by atoms with Gasteiger partial charge in [0.15, 0.2) is 0 Å². The molecule has 0 saturated heterocycles. The smallest absolute Gasteiger partial charge is 0.124 e. The molecule has 8 aromatic rings. The van der Waals surface area contributed by atoms with Crippen LogP contribution in [0.25, 0.3) is 27.0 Å². The van der Waals surface area contributed by atoms with Gasteiger partial charge in [-0.3, -0.25) is 0 Å². The summed E-state index contributed by atoms with van der Waals surface area (Å²) in [6.45, 7) is 1.88. The van der Waals surface area contributed by atoms with Crippen molar-refractivity contribution in [2.45, 2.75) is 52.1 Å². The monoisotopic (exact) mass is 790 g/mol. The van der Waals surface area contributed by atoms with Gasteiger partial charge in [-0.1, -0.05) is 159 Å². The summed E-state index contributed by atoms with van der Waals surface area (Å²) in [6.07, 6.45) is 4.36. The van der Waals surface area contributed by atoms with Crippen LogP contribution in [0.15, 0.2) is 188 Å². The van der Waals surface area contributed by atoms with E-state index in [-0.39, 0.29) is 0 Å². The molecule has 9 rings (SSSR count). The summed E-state index contributed by atoms with van der Waals surface area (Å²) in [4.78, 5) is 0. The zero-order valence-electron chi connectivity index (χ0n) is 33.1. The fourth-order valence-electron chi connectivity index (χ4n) is 7.97. The number of ether oxygens (including phenoxy) is 4. The predicted octanol–water partition coefficient (Wildman–Crippen LogP) is 14.2. The molecule has 0 spiro atoms. The second kappa shape index (κ2) is 18.4. The molecule has 1 heterocycles. The molecule has 0 radical (unpaired) electrons. The van der Waals surface area contributed by atoms with Gasteiger partial charge < -0.3 is 18.9 Å². The van der Waals surface area contributed by atoms with Crippen LogP contribution in [0, 0.1) is 0 Å². The van der Waals surface area contributed by atoms with Gasteiger partial charge in [0.1, 0.15) is 49.4 Å². The van der Waals surface area contributed by atoms with Crippen molar-refractivity contribution in [1.82, 2.24) is 0 Å². The highest BCUT2D eigenvalue weighted by Crippen LogP contribution is 2.63. The molecular formula is C54H47O4P. The van der Waals surface area contributed by atoms with Crippen LogP contribution in [-0.2, 0) is 39.3 Å². The highest BCUT2D eigenvalue weighted by molar-refractivity contribution is 7.63. The maximum Gasteiger partial charge on any atom is 0.124 e. The second-order valence-corrected chi connectivity index (χ2v) is 17.1. The Balaban J connectivity index is 1.19. The van der Waals surface area contributed by atoms with E-state index >= 15 is 0 Å². The van der Waals surface area contributed by atoms with E-state index in [1.165, 1.54) is 27.0 Å². The third-order valence-corrected chi connectivity index (χ3v) is 13.6. The SMILES string of the molecule is c1ccc(COc2cc(OCc3ccccc3)cc(-c3c4c(c(-c5cc(OCc6ccccc6)cc(OCc6ccccc6)c5)p3-c3ccccc3)CCCC4)c2)cc1. The van der Waals surface area contributed by atoms with E-state index in [1.54, 1.807) is 0 Å². The van der Waals surface area contributed by atoms with Gasteiger partial charge in [0.25, 0.3) is 0 Å². The lowest BCUT2D eigenvalue weighted by molar-refractivity contribution is 0.290. The van der Waals surface area contributed by atoms with E-state index < -0.39 is 7.53 Å². The third-order valence-electron chi connectivity index (χ3n) is 10.8. The minimum absolute atomic E-state index is 0.470. The third kappa shape index (κ3) is 9.31. The van der Waals surface area contributed by atoms with E-state index in [2.05, 4.69) is 152 Å². The lowest BCUT2D eigenvalue weighted by atomic mass is 9.89. The molecule has 1 aliphatic rings. The van der Waals surface area contributed by atoms with Crippen LogP contribution in [0.5, 0.6) is 23.0 Å². The Morgan fingerprint density at radius 1 is 0.339 bits per heavy atom. The lowest BCUT2D eigenvalue weighted by Gasteiger charge is -2.17. The first-order valence-corrected chi connectivity index (χ1v) is 21.9. The zero-order chi connectivity index (χ0) is 39.6. The van der Waals surface area contributed by atoms with Crippen molar-refractivity contribution >= 4 is 7.53 Å². The molecule has 4 nitrogen and oxygen atoms in total. The molecule has 59 heavy (non-hydrogen) atoms. The first-order chi connectivity index (χ1) is 29.2. The minimum Gasteiger partial charge on any atom is -0.489 e. The molecule has 0 amide bonds. The summed E-state index contributed by atoms with van der Waals surface area (Å²) in [5.74, 6) is 3.18. The molecule has 7 aromatic carbocycles. The number of benzene rings is 7. The van der Waals surface area contributed by atoms with Gasteiger partial charge in [-0.05, 0) is 99.8 Å². The fourth-order valence-corrected chi connectivity index (χ4v) is 11.0. The van der Waals surface area contributed by atoms with Crippen molar-refractivity contribution in [3.63, 3.8) is 0 Å². The molecule has 0 saturated carbocycles. The summed E-state index contributed by atoms with van der Waals surface area (Å²) in [5, 5.41) is 4.08. The molecule has 1 aliphatic carbocycles. The highest BCUT2D eigenvalue weighted by atomic mass is 31.1. The molecule has 1 aromatic heterocycles. The molecule has 0 bridgehead atoms. The molecule has 292 valence electrons. The summed E-state index contributed by atoms with van der Waals surface area (Å²) < 4.78 is 26.4. The quantitative estimate of drug-likeness (QED) is 0.104. The topological polar surface area (TPSA) is 36.9 Å². The Morgan fingerprint density at radius 3 is 0.932 bits per heavy atom. The Kier molecular flexibility index (Phi) is 11.9. The standard InChI is InChI=1S/C54H47O4P/c1-6-18-40(19-7-1)36-55-46-30-44(31-47(34-46)56-37-41-20-8-2-9-21-41)53-51-28-16-17-29-52(51)54(59(53)50-26-14-5-15-27-50)45-32-48(57-38-42-22-10-3-11-23-42)35-49(33-45)58-39-43-24-12-4-13-25-43/h1-15,18-27,30-35H,16-17,28-29,36-39H2. The van der Waals surface area contributed by atoms with Crippen molar-refractivity contribution < 1.29 is 18.9 Å². The van der Waals surface area contributed by atoms with Crippen LogP contribution in [0.3, 0.4) is 0 Å². The Labute approximate surface area is 348 Å². The van der Waals surface area contributed by atoms with Crippen molar-refractivity contribution in [2.75, 3.05) is 0 Å². The average molecular weight is 791 g/mol. The highest BCUT2D eigenvalue weighted by Gasteiger charge is 2.29. The predicted molar refractivity (Wildman–Crippen MR) is 241 cm³/mol. The first kappa shape index (κ1) is 38.1. The summed E-state index contributed by atoms with van der Waals surface area (Å²) >= 11 is 0. The van der Waals surface area contributed by atoms with Crippen LogP contribution < -0.4 is 18.9 Å². The van der Waals surface area contributed by atoms with E-state index in [1.807, 2.05) is 36.4 Å². The van der Waals surface area contributed by atoms with Crippen molar-refractivity contribution in [1.29, 1.82) is 0 Å². The van der Waals surface area contributed by atoms with Crippen LogP contribution in [-0.4, -0.2) is 0 Å². The van der Waals surface area contributed by atoms with Gasteiger partial charge in [-0.2, -0.15) is 0 Å². The molecule has 5 heteroatoms. The summed E-state index contributed by atoms with van der Waals surface area (Å²) in [5.41, 5.74) is 9.70. The van der Waals surface area contributed by atoms with Crippen LogP contribution in [0.4, 0.5) is 0 Å². The van der Waals surface area contributed by atoms with Gasteiger partial charge >= 0.3 is 0 Å². The Morgan fingerprint density at radius 2 is 0.627 bits per heavy atom. The second-order valence-electron chi connectivity index (χ2n) is 15.0. The van der Waals surface area contributed by atoms with E-state index in [4.69, 9.17) is 18.9 Å². The van der Waals surface area contributed by atoms with Crippen LogP contribution in [0.2, 0.25) is 0 Å². The molecule has 0 unspecified atom stereocenters. The van der Waals surface area contributed by atoms with E-state index in [9.17, 15) is 0 Å². The normalized spacial score (nSPS) is 12.1. The minimum atomic E-state index is -0.995. The maximum absolute atomic E-state index is 6.59. The first-order valence-electron chi connectivity index (χ1n) is 20.5. The van der Waals surface area contributed by atoms with E-state index in [0.29, 0.717) is 26.4 Å². The zero-order valence-corrected chi connectivity index (χ0v) is 34.0. The molecular weight excluding hydrogens is 744 g/mol. The summed E-state index contributed by atoms with van der Waals surface area (Å²) in [6, 6.07) is 65.5. The molecule has 0 fully saturated rings. The number of fused-ring (bicyclic) bond motifs is 1. The summed E-state index contributed by atoms with van der Waals surface area (Å²) in [7, 11) is -0.995. The van der Waals surface area contributed by atoms with Gasteiger partial charge in [0.2, 0.25) is 0 Å². The average Bonchev–Trinajstić information content (AvgIpc) is 3.66. The van der Waals surface area contributed by atoms with Gasteiger partial charge in [-0.25, -0.2) is 0 Å². The fraction of sp³-hybridized carbons (Fsp3) is 0.148. The van der Waals surface area contributed by atoms with Crippen molar-refractivity contribution in [2.24, 2.45) is 0 Å². The van der Waals surface area contributed by atoms with Crippen LogP contribution in [0.1, 0.15) is 46.2 Å². The van der Waals surface area contributed by atoms with E-state index in [0.717, 1.165) is 82.1 Å². The lowest BCUT2D eigenvalue weighted by Crippen LogP contribution is -2.02. The molecule has 0 atom stereocenters. The van der Waals surface area contributed by atoms with Crippen LogP contribution >= 0.6 is 7.53 Å².